The Labute approximate surface area is 151 Å². The maximum absolute atomic E-state index is 12.3. The maximum Gasteiger partial charge on any atom is 0.220 e. The summed E-state index contributed by atoms with van der Waals surface area (Å²) in [6.45, 7) is 1.76. The van der Waals surface area contributed by atoms with Crippen LogP contribution < -0.4 is 19.7 Å². The molecular weight excluding hydrogens is 338 g/mol. The van der Waals surface area contributed by atoms with Gasteiger partial charge in [0.15, 0.2) is 5.13 Å². The second-order valence-electron chi connectivity index (χ2n) is 5.99. The number of ether oxygens (including phenoxy) is 2. The zero-order chi connectivity index (χ0) is 17.6. The third kappa shape index (κ3) is 4.42. The standard InChI is InChI=1S/C18H23N3O3S/c1-23-15-5-3-13(16(11-15)24-2)4-6-17(22)20-14-7-9-21(12-14)18-19-8-10-25-18/h3,5,8,10-11,14H,4,6-7,9,12H2,1-2H3,(H,20,22). The molecule has 1 aliphatic heterocycles. The maximum atomic E-state index is 12.3. The van der Waals surface area contributed by atoms with Crippen LogP contribution in [-0.4, -0.2) is 44.2 Å². The van der Waals surface area contributed by atoms with Crippen LogP contribution in [0.4, 0.5) is 5.13 Å². The Morgan fingerprint density at radius 1 is 1.40 bits per heavy atom. The molecular formula is C18H23N3O3S. The molecule has 1 saturated heterocycles. The van der Waals surface area contributed by atoms with Gasteiger partial charge < -0.3 is 19.7 Å². The van der Waals surface area contributed by atoms with Crippen LogP contribution in [0.25, 0.3) is 0 Å². The van der Waals surface area contributed by atoms with Crippen LogP contribution in [0.3, 0.4) is 0 Å². The molecule has 134 valence electrons. The average Bonchev–Trinajstić information content (AvgIpc) is 3.31. The van der Waals surface area contributed by atoms with Gasteiger partial charge in [-0.3, -0.25) is 4.79 Å². The molecule has 7 heteroatoms. The largest absolute Gasteiger partial charge is 0.497 e. The highest BCUT2D eigenvalue weighted by atomic mass is 32.1. The molecule has 0 bridgehead atoms. The van der Waals surface area contributed by atoms with Crippen LogP contribution in [0.5, 0.6) is 11.5 Å². The predicted molar refractivity (Wildman–Crippen MR) is 98.7 cm³/mol. The van der Waals surface area contributed by atoms with Gasteiger partial charge in [0.2, 0.25) is 5.91 Å². The van der Waals surface area contributed by atoms with Crippen molar-refractivity contribution >= 4 is 22.4 Å². The summed E-state index contributed by atoms with van der Waals surface area (Å²) in [5, 5.41) is 6.14. The number of methoxy groups -OCH3 is 2. The van der Waals surface area contributed by atoms with Gasteiger partial charge in [0.05, 0.1) is 14.2 Å². The Balaban J connectivity index is 1.49. The summed E-state index contributed by atoms with van der Waals surface area (Å²) in [6.07, 6.45) is 3.85. The van der Waals surface area contributed by atoms with Gasteiger partial charge in [0, 0.05) is 43.2 Å². The summed E-state index contributed by atoms with van der Waals surface area (Å²) in [5.41, 5.74) is 1.01. The van der Waals surface area contributed by atoms with Crippen LogP contribution in [-0.2, 0) is 11.2 Å². The number of amides is 1. The highest BCUT2D eigenvalue weighted by Gasteiger charge is 2.25. The first-order valence-corrected chi connectivity index (χ1v) is 9.22. The van der Waals surface area contributed by atoms with Crippen molar-refractivity contribution < 1.29 is 14.3 Å². The molecule has 6 nitrogen and oxygen atoms in total. The number of hydrogen-bond acceptors (Lipinski definition) is 6. The number of carbonyl (C=O) groups is 1. The predicted octanol–water partition coefficient (Wildman–Crippen LogP) is 2.49. The van der Waals surface area contributed by atoms with Crippen molar-refractivity contribution in [2.24, 2.45) is 0 Å². The molecule has 2 aromatic rings. The van der Waals surface area contributed by atoms with Crippen molar-refractivity contribution in [3.8, 4) is 11.5 Å². The number of aromatic nitrogens is 1. The summed E-state index contributed by atoms with van der Waals surface area (Å²) < 4.78 is 10.6. The molecule has 1 atom stereocenters. The molecule has 1 N–H and O–H groups in total. The van der Waals surface area contributed by atoms with Crippen LogP contribution >= 0.6 is 11.3 Å². The second kappa shape index (κ2) is 8.20. The molecule has 1 aromatic carbocycles. The lowest BCUT2D eigenvalue weighted by Gasteiger charge is -2.16. The fraction of sp³-hybridized carbons (Fsp3) is 0.444. The molecule has 2 heterocycles. The van der Waals surface area contributed by atoms with Gasteiger partial charge in [-0.15, -0.1) is 11.3 Å². The zero-order valence-corrected chi connectivity index (χ0v) is 15.3. The van der Waals surface area contributed by atoms with Gasteiger partial charge >= 0.3 is 0 Å². The minimum Gasteiger partial charge on any atom is -0.497 e. The molecule has 0 spiro atoms. The number of rotatable bonds is 7. The number of aryl methyl sites for hydroxylation is 1. The lowest BCUT2D eigenvalue weighted by Crippen LogP contribution is -2.37. The summed E-state index contributed by atoms with van der Waals surface area (Å²) in [4.78, 5) is 18.8. The second-order valence-corrected chi connectivity index (χ2v) is 6.86. The topological polar surface area (TPSA) is 63.7 Å². The van der Waals surface area contributed by atoms with E-state index >= 15 is 0 Å². The summed E-state index contributed by atoms with van der Waals surface area (Å²) in [6, 6.07) is 5.87. The number of carbonyl (C=O) groups excluding carboxylic acids is 1. The van der Waals surface area contributed by atoms with E-state index in [-0.39, 0.29) is 11.9 Å². The number of nitrogens with zero attached hydrogens (tertiary/aromatic N) is 2. The number of benzene rings is 1. The minimum atomic E-state index is 0.0730. The van der Waals surface area contributed by atoms with E-state index < -0.39 is 0 Å². The number of nitrogens with one attached hydrogen (secondary N) is 1. The van der Waals surface area contributed by atoms with Crippen LogP contribution in [0.1, 0.15) is 18.4 Å². The SMILES string of the molecule is COc1ccc(CCC(=O)NC2CCN(c3nccs3)C2)c(OC)c1. The Hall–Kier alpha value is -2.28. The molecule has 1 unspecified atom stereocenters. The Morgan fingerprint density at radius 2 is 2.28 bits per heavy atom. The first kappa shape index (κ1) is 17.5. The number of thiazole rings is 1. The molecule has 3 rings (SSSR count). The smallest absolute Gasteiger partial charge is 0.220 e. The van der Waals surface area contributed by atoms with Crippen molar-refractivity contribution in [2.45, 2.75) is 25.3 Å². The molecule has 1 aliphatic rings. The van der Waals surface area contributed by atoms with Crippen molar-refractivity contribution in [2.75, 3.05) is 32.2 Å². The minimum absolute atomic E-state index is 0.0730. The van der Waals surface area contributed by atoms with Crippen LogP contribution in [0.15, 0.2) is 29.8 Å². The lowest BCUT2D eigenvalue weighted by atomic mass is 10.1. The van der Waals surface area contributed by atoms with Crippen molar-refractivity contribution in [1.29, 1.82) is 0 Å². The zero-order valence-electron chi connectivity index (χ0n) is 14.5. The van der Waals surface area contributed by atoms with Gasteiger partial charge in [-0.1, -0.05) is 6.07 Å². The first-order chi connectivity index (χ1) is 12.2. The average molecular weight is 361 g/mol. The molecule has 1 aromatic heterocycles. The molecule has 0 saturated carbocycles. The fourth-order valence-corrected chi connectivity index (χ4v) is 3.71. The van der Waals surface area contributed by atoms with Gasteiger partial charge in [-0.05, 0) is 24.5 Å². The van der Waals surface area contributed by atoms with E-state index in [1.807, 2.05) is 29.8 Å². The quantitative estimate of drug-likeness (QED) is 0.821. The van der Waals surface area contributed by atoms with E-state index in [4.69, 9.17) is 9.47 Å². The van der Waals surface area contributed by atoms with Gasteiger partial charge in [-0.25, -0.2) is 4.98 Å². The van der Waals surface area contributed by atoms with Crippen molar-refractivity contribution in [3.63, 3.8) is 0 Å². The molecule has 1 fully saturated rings. The van der Waals surface area contributed by atoms with E-state index in [0.29, 0.717) is 12.8 Å². The fourth-order valence-electron chi connectivity index (χ4n) is 3.03. The Kier molecular flexibility index (Phi) is 5.75. The highest BCUT2D eigenvalue weighted by molar-refractivity contribution is 7.13. The van der Waals surface area contributed by atoms with E-state index in [1.165, 1.54) is 0 Å². The normalized spacial score (nSPS) is 16.7. The Bertz CT molecular complexity index is 706. The van der Waals surface area contributed by atoms with E-state index in [2.05, 4.69) is 15.2 Å². The lowest BCUT2D eigenvalue weighted by molar-refractivity contribution is -0.121. The van der Waals surface area contributed by atoms with E-state index in [0.717, 1.165) is 41.7 Å². The van der Waals surface area contributed by atoms with Crippen LogP contribution in [0.2, 0.25) is 0 Å². The monoisotopic (exact) mass is 361 g/mol. The summed E-state index contributed by atoms with van der Waals surface area (Å²) in [5.74, 6) is 1.57. The molecule has 0 aliphatic carbocycles. The van der Waals surface area contributed by atoms with Gasteiger partial charge in [0.1, 0.15) is 11.5 Å². The summed E-state index contributed by atoms with van der Waals surface area (Å²) in [7, 11) is 3.25. The molecule has 25 heavy (non-hydrogen) atoms. The highest BCUT2D eigenvalue weighted by Crippen LogP contribution is 2.26. The van der Waals surface area contributed by atoms with E-state index in [9.17, 15) is 4.79 Å². The molecule has 0 radical (unpaired) electrons. The number of hydrogen-bond donors (Lipinski definition) is 1. The molecule has 1 amide bonds. The third-order valence-corrected chi connectivity index (χ3v) is 5.19. The van der Waals surface area contributed by atoms with E-state index in [1.54, 1.807) is 25.6 Å². The van der Waals surface area contributed by atoms with Crippen LogP contribution in [0, 0.1) is 0 Å². The Morgan fingerprint density at radius 3 is 3.00 bits per heavy atom. The number of anilines is 1. The van der Waals surface area contributed by atoms with Gasteiger partial charge in [0.25, 0.3) is 0 Å². The van der Waals surface area contributed by atoms with Crippen molar-refractivity contribution in [3.05, 3.63) is 35.3 Å². The third-order valence-electron chi connectivity index (χ3n) is 4.36. The van der Waals surface area contributed by atoms with Crippen molar-refractivity contribution in [1.82, 2.24) is 10.3 Å². The summed E-state index contributed by atoms with van der Waals surface area (Å²) >= 11 is 1.63. The first-order valence-electron chi connectivity index (χ1n) is 8.34. The van der Waals surface area contributed by atoms with Gasteiger partial charge in [-0.2, -0.15) is 0 Å².